The first-order valence-corrected chi connectivity index (χ1v) is 9.17. The van der Waals surface area contributed by atoms with E-state index >= 15 is 0 Å². The first-order valence-electron chi connectivity index (χ1n) is 8.12. The van der Waals surface area contributed by atoms with Gasteiger partial charge in [-0.25, -0.2) is 0 Å². The highest BCUT2D eigenvalue weighted by Gasteiger charge is 2.25. The van der Waals surface area contributed by atoms with Crippen LogP contribution in [0.3, 0.4) is 0 Å². The van der Waals surface area contributed by atoms with Crippen molar-refractivity contribution in [2.24, 2.45) is 5.73 Å². The number of carboxylic acids is 2. The standard InChI is InChI=1S/C16H23N3O7S/c17-9(16(25)26)5-6-13(21)19-10(15(24)18-7-14(22)23)8-27-12-4-2-1-3-11(12)20/h1-4,9-12,20H,5-8,17H2,(H,18,24)(H,19,21)(H,22,23)(H,25,26). The van der Waals surface area contributed by atoms with Crippen LogP contribution in [-0.4, -0.2) is 74.8 Å². The van der Waals surface area contributed by atoms with Crippen LogP contribution in [0.1, 0.15) is 12.8 Å². The third kappa shape index (κ3) is 8.71. The van der Waals surface area contributed by atoms with Gasteiger partial charge in [0.2, 0.25) is 11.8 Å². The number of rotatable bonds is 11. The van der Waals surface area contributed by atoms with Crippen molar-refractivity contribution in [1.82, 2.24) is 10.6 Å². The smallest absolute Gasteiger partial charge is 0.322 e. The summed E-state index contributed by atoms with van der Waals surface area (Å²) in [7, 11) is 0. The second-order valence-corrected chi connectivity index (χ2v) is 6.98. The number of allylic oxidation sites excluding steroid dienone is 2. The van der Waals surface area contributed by atoms with Gasteiger partial charge in [-0.1, -0.05) is 24.3 Å². The maximum absolute atomic E-state index is 12.2. The van der Waals surface area contributed by atoms with Crippen LogP contribution in [0.2, 0.25) is 0 Å². The van der Waals surface area contributed by atoms with Gasteiger partial charge in [0.15, 0.2) is 0 Å². The topological polar surface area (TPSA) is 179 Å². The van der Waals surface area contributed by atoms with Gasteiger partial charge < -0.3 is 31.7 Å². The van der Waals surface area contributed by atoms with Gasteiger partial charge in [-0.2, -0.15) is 0 Å². The Morgan fingerprint density at radius 3 is 2.41 bits per heavy atom. The molecule has 11 heteroatoms. The molecule has 1 rings (SSSR count). The maximum atomic E-state index is 12.2. The monoisotopic (exact) mass is 401 g/mol. The Labute approximate surface area is 159 Å². The molecule has 10 nitrogen and oxygen atoms in total. The van der Waals surface area contributed by atoms with E-state index in [-0.39, 0.29) is 23.8 Å². The molecule has 4 atom stereocenters. The van der Waals surface area contributed by atoms with E-state index in [1.165, 1.54) is 11.8 Å². The normalized spacial score (nSPS) is 20.5. The quantitative estimate of drug-likeness (QED) is 0.239. The van der Waals surface area contributed by atoms with Crippen molar-refractivity contribution >= 4 is 35.5 Å². The van der Waals surface area contributed by atoms with Crippen LogP contribution in [0.4, 0.5) is 0 Å². The molecule has 0 aliphatic heterocycles. The Morgan fingerprint density at radius 1 is 1.15 bits per heavy atom. The van der Waals surface area contributed by atoms with Crippen molar-refractivity contribution in [2.75, 3.05) is 12.3 Å². The summed E-state index contributed by atoms with van der Waals surface area (Å²) >= 11 is 1.22. The number of carboxylic acid groups (broad SMARTS) is 2. The molecule has 0 aromatic carbocycles. The van der Waals surface area contributed by atoms with E-state index in [9.17, 15) is 24.3 Å². The van der Waals surface area contributed by atoms with Gasteiger partial charge >= 0.3 is 11.9 Å². The zero-order chi connectivity index (χ0) is 20.4. The highest BCUT2D eigenvalue weighted by atomic mass is 32.2. The number of carbonyl (C=O) groups is 4. The van der Waals surface area contributed by atoms with Crippen molar-refractivity contribution in [3.05, 3.63) is 24.3 Å². The predicted molar refractivity (Wildman–Crippen MR) is 98.0 cm³/mol. The number of aliphatic hydroxyl groups excluding tert-OH is 1. The summed E-state index contributed by atoms with van der Waals surface area (Å²) in [6.07, 6.45) is 5.72. The summed E-state index contributed by atoms with van der Waals surface area (Å²) < 4.78 is 0. The van der Waals surface area contributed by atoms with Crippen molar-refractivity contribution < 1.29 is 34.5 Å². The van der Waals surface area contributed by atoms with Crippen LogP contribution in [0.15, 0.2) is 24.3 Å². The van der Waals surface area contributed by atoms with E-state index in [0.29, 0.717) is 0 Å². The second-order valence-electron chi connectivity index (χ2n) is 5.77. The largest absolute Gasteiger partial charge is 0.480 e. The number of nitrogens with two attached hydrogens (primary N) is 1. The summed E-state index contributed by atoms with van der Waals surface area (Å²) in [6.45, 7) is -0.603. The lowest BCUT2D eigenvalue weighted by molar-refractivity contribution is -0.139. The Bertz CT molecular complexity index is 623. The third-order valence-electron chi connectivity index (χ3n) is 3.58. The van der Waals surface area contributed by atoms with Gasteiger partial charge in [0.05, 0.1) is 11.4 Å². The predicted octanol–water partition coefficient (Wildman–Crippen LogP) is -1.55. The molecular weight excluding hydrogens is 378 g/mol. The number of nitrogens with one attached hydrogen (secondary N) is 2. The van der Waals surface area contributed by atoms with Gasteiger partial charge in [0.1, 0.15) is 18.6 Å². The average molecular weight is 401 g/mol. The Kier molecular flexibility index (Phi) is 9.54. The second kappa shape index (κ2) is 11.4. The molecule has 0 fully saturated rings. The van der Waals surface area contributed by atoms with Gasteiger partial charge in [-0.15, -0.1) is 11.8 Å². The molecule has 0 aromatic rings. The van der Waals surface area contributed by atoms with Crippen molar-refractivity contribution in [3.8, 4) is 0 Å². The molecule has 0 bridgehead atoms. The molecule has 2 amide bonds. The van der Waals surface area contributed by atoms with Crippen LogP contribution in [0, 0.1) is 0 Å². The number of aliphatic hydroxyl groups is 1. The molecule has 0 saturated heterocycles. The fourth-order valence-corrected chi connectivity index (χ4v) is 3.22. The van der Waals surface area contributed by atoms with Gasteiger partial charge in [0, 0.05) is 12.2 Å². The molecule has 1 aliphatic carbocycles. The van der Waals surface area contributed by atoms with Crippen LogP contribution in [0.5, 0.6) is 0 Å². The van der Waals surface area contributed by atoms with Gasteiger partial charge in [-0.3, -0.25) is 19.2 Å². The molecule has 150 valence electrons. The van der Waals surface area contributed by atoms with E-state index in [4.69, 9.17) is 15.9 Å². The molecule has 4 unspecified atom stereocenters. The minimum absolute atomic E-state index is 0.0854. The molecule has 0 spiro atoms. The molecular formula is C16H23N3O7S. The number of amides is 2. The highest BCUT2D eigenvalue weighted by molar-refractivity contribution is 8.00. The summed E-state index contributed by atoms with van der Waals surface area (Å²) in [5.41, 5.74) is 5.34. The van der Waals surface area contributed by atoms with E-state index in [1.807, 2.05) is 0 Å². The molecule has 0 aromatic heterocycles. The van der Waals surface area contributed by atoms with Crippen LogP contribution >= 0.6 is 11.8 Å². The van der Waals surface area contributed by atoms with Gasteiger partial charge in [-0.05, 0) is 6.42 Å². The minimum Gasteiger partial charge on any atom is -0.480 e. The summed E-state index contributed by atoms with van der Waals surface area (Å²) in [6, 6.07) is -2.24. The fourth-order valence-electron chi connectivity index (χ4n) is 2.08. The molecule has 7 N–H and O–H groups in total. The summed E-state index contributed by atoms with van der Waals surface area (Å²) in [5.74, 6) is -3.65. The molecule has 0 saturated carbocycles. The maximum Gasteiger partial charge on any atom is 0.322 e. The number of hydrogen-bond donors (Lipinski definition) is 6. The fraction of sp³-hybridized carbons (Fsp3) is 0.500. The van der Waals surface area contributed by atoms with Crippen LogP contribution < -0.4 is 16.4 Å². The van der Waals surface area contributed by atoms with Crippen molar-refractivity contribution in [3.63, 3.8) is 0 Å². The first kappa shape index (κ1) is 22.7. The molecule has 27 heavy (non-hydrogen) atoms. The number of hydrogen-bond acceptors (Lipinski definition) is 7. The minimum atomic E-state index is -1.24. The van der Waals surface area contributed by atoms with E-state index < -0.39 is 48.5 Å². The van der Waals surface area contributed by atoms with E-state index in [1.54, 1.807) is 24.3 Å². The Hall–Kier alpha value is -2.37. The first-order chi connectivity index (χ1) is 12.7. The van der Waals surface area contributed by atoms with Crippen LogP contribution in [-0.2, 0) is 19.2 Å². The zero-order valence-electron chi connectivity index (χ0n) is 14.4. The zero-order valence-corrected chi connectivity index (χ0v) is 15.2. The average Bonchev–Trinajstić information content (AvgIpc) is 2.62. The summed E-state index contributed by atoms with van der Waals surface area (Å²) in [4.78, 5) is 45.5. The Morgan fingerprint density at radius 2 is 1.81 bits per heavy atom. The number of thioether (sulfide) groups is 1. The molecule has 0 radical (unpaired) electrons. The molecule has 0 heterocycles. The summed E-state index contributed by atoms with van der Waals surface area (Å²) in [5, 5.41) is 31.6. The van der Waals surface area contributed by atoms with E-state index in [0.717, 1.165) is 0 Å². The van der Waals surface area contributed by atoms with Crippen molar-refractivity contribution in [1.29, 1.82) is 0 Å². The lowest BCUT2D eigenvalue weighted by Gasteiger charge is -2.23. The van der Waals surface area contributed by atoms with Crippen molar-refractivity contribution in [2.45, 2.75) is 36.3 Å². The lowest BCUT2D eigenvalue weighted by Crippen LogP contribution is -2.50. The lowest BCUT2D eigenvalue weighted by atomic mass is 10.1. The highest BCUT2D eigenvalue weighted by Crippen LogP contribution is 2.21. The Balaban J connectivity index is 2.63. The SMILES string of the molecule is NC(CCC(=O)NC(CSC1C=CC=CC1O)C(=O)NCC(=O)O)C(=O)O. The van der Waals surface area contributed by atoms with E-state index in [2.05, 4.69) is 10.6 Å². The number of aliphatic carboxylic acids is 2. The van der Waals surface area contributed by atoms with Gasteiger partial charge in [0.25, 0.3) is 0 Å². The number of carbonyl (C=O) groups excluding carboxylic acids is 2. The molecule has 1 aliphatic rings. The van der Waals surface area contributed by atoms with Crippen LogP contribution in [0.25, 0.3) is 0 Å². The third-order valence-corrected chi connectivity index (χ3v) is 4.92.